The summed E-state index contributed by atoms with van der Waals surface area (Å²) in [6.07, 6.45) is 1.44. The number of hydrogen-bond acceptors (Lipinski definition) is 2. The summed E-state index contributed by atoms with van der Waals surface area (Å²) in [7, 11) is 0. The number of benzene rings is 1. The standard InChI is InChI=1S/C14H17NO2/c1-10(16)12-7-13(8-12)14(17)15-9-11-5-3-2-4-6-11/h2-6,12-13H,7-9H2,1H3,(H,15,17). The van der Waals surface area contributed by atoms with Crippen LogP contribution >= 0.6 is 0 Å². The maximum Gasteiger partial charge on any atom is 0.223 e. The molecule has 1 aliphatic carbocycles. The van der Waals surface area contributed by atoms with Crippen LogP contribution in [0.5, 0.6) is 0 Å². The van der Waals surface area contributed by atoms with Crippen molar-refractivity contribution in [1.82, 2.24) is 5.32 Å². The van der Waals surface area contributed by atoms with E-state index >= 15 is 0 Å². The smallest absolute Gasteiger partial charge is 0.223 e. The highest BCUT2D eigenvalue weighted by atomic mass is 16.2. The van der Waals surface area contributed by atoms with Crippen LogP contribution in [-0.2, 0) is 16.1 Å². The Morgan fingerprint density at radius 3 is 2.41 bits per heavy atom. The first-order valence-corrected chi connectivity index (χ1v) is 5.99. The van der Waals surface area contributed by atoms with Crippen LogP contribution in [0.25, 0.3) is 0 Å². The van der Waals surface area contributed by atoms with Gasteiger partial charge in [-0.1, -0.05) is 30.3 Å². The molecule has 0 aliphatic heterocycles. The van der Waals surface area contributed by atoms with Gasteiger partial charge in [0.05, 0.1) is 0 Å². The normalized spacial score (nSPS) is 22.6. The lowest BCUT2D eigenvalue weighted by Gasteiger charge is -2.32. The maximum atomic E-state index is 11.7. The topological polar surface area (TPSA) is 46.2 Å². The lowest BCUT2D eigenvalue weighted by molar-refractivity contribution is -0.133. The number of nitrogens with one attached hydrogen (secondary N) is 1. The summed E-state index contributed by atoms with van der Waals surface area (Å²) in [5.41, 5.74) is 1.10. The third-order valence-corrected chi connectivity index (χ3v) is 3.39. The Kier molecular flexibility index (Phi) is 3.57. The molecule has 3 heteroatoms. The molecule has 1 amide bonds. The van der Waals surface area contributed by atoms with Crippen molar-refractivity contribution in [3.05, 3.63) is 35.9 Å². The van der Waals surface area contributed by atoms with Gasteiger partial charge in [0, 0.05) is 18.4 Å². The van der Waals surface area contributed by atoms with Gasteiger partial charge >= 0.3 is 0 Å². The van der Waals surface area contributed by atoms with Gasteiger partial charge in [0.15, 0.2) is 0 Å². The molecule has 90 valence electrons. The summed E-state index contributed by atoms with van der Waals surface area (Å²) < 4.78 is 0. The Labute approximate surface area is 101 Å². The highest BCUT2D eigenvalue weighted by molar-refractivity contribution is 5.85. The Balaban J connectivity index is 1.74. The molecule has 0 heterocycles. The molecule has 0 bridgehead atoms. The lowest BCUT2D eigenvalue weighted by atomic mass is 9.72. The molecular formula is C14H17NO2. The summed E-state index contributed by atoms with van der Waals surface area (Å²) in [5.74, 6) is 0.429. The van der Waals surface area contributed by atoms with Crippen molar-refractivity contribution < 1.29 is 9.59 Å². The zero-order valence-corrected chi connectivity index (χ0v) is 9.98. The van der Waals surface area contributed by atoms with Gasteiger partial charge in [-0.3, -0.25) is 9.59 Å². The zero-order chi connectivity index (χ0) is 12.3. The second kappa shape index (κ2) is 5.13. The van der Waals surface area contributed by atoms with Gasteiger partial charge in [0.1, 0.15) is 5.78 Å². The van der Waals surface area contributed by atoms with Crippen LogP contribution < -0.4 is 5.32 Å². The second-order valence-electron chi connectivity index (χ2n) is 4.68. The highest BCUT2D eigenvalue weighted by Crippen LogP contribution is 2.34. The van der Waals surface area contributed by atoms with Crippen LogP contribution in [0.4, 0.5) is 0 Å². The number of Topliss-reactive ketones (excluding diaryl/α,β-unsaturated/α-hetero) is 1. The van der Waals surface area contributed by atoms with Crippen LogP contribution in [0.1, 0.15) is 25.3 Å². The fraction of sp³-hybridized carbons (Fsp3) is 0.429. The van der Waals surface area contributed by atoms with Crippen LogP contribution in [0, 0.1) is 11.8 Å². The van der Waals surface area contributed by atoms with Gasteiger partial charge in [-0.15, -0.1) is 0 Å². The van der Waals surface area contributed by atoms with Gasteiger partial charge in [0.25, 0.3) is 0 Å². The Morgan fingerprint density at radius 2 is 1.82 bits per heavy atom. The molecule has 1 aromatic carbocycles. The number of hydrogen-bond donors (Lipinski definition) is 1. The number of amides is 1. The van der Waals surface area contributed by atoms with E-state index in [1.54, 1.807) is 6.92 Å². The molecule has 0 atom stereocenters. The van der Waals surface area contributed by atoms with Gasteiger partial charge < -0.3 is 5.32 Å². The zero-order valence-electron chi connectivity index (χ0n) is 9.98. The maximum absolute atomic E-state index is 11.7. The lowest BCUT2D eigenvalue weighted by Crippen LogP contribution is -2.40. The number of carbonyl (C=O) groups excluding carboxylic acids is 2. The molecule has 1 aromatic rings. The average Bonchev–Trinajstić information content (AvgIpc) is 2.25. The summed E-state index contributed by atoms with van der Waals surface area (Å²) in [6.45, 7) is 2.17. The molecule has 1 aliphatic rings. The fourth-order valence-corrected chi connectivity index (χ4v) is 2.09. The summed E-state index contributed by atoms with van der Waals surface area (Å²) in [4.78, 5) is 22.8. The van der Waals surface area contributed by atoms with E-state index in [2.05, 4.69) is 5.32 Å². The highest BCUT2D eigenvalue weighted by Gasteiger charge is 2.36. The van der Waals surface area contributed by atoms with Crippen molar-refractivity contribution in [1.29, 1.82) is 0 Å². The average molecular weight is 231 g/mol. The van der Waals surface area contributed by atoms with Crippen molar-refractivity contribution in [2.75, 3.05) is 0 Å². The van der Waals surface area contributed by atoms with E-state index in [1.165, 1.54) is 0 Å². The first kappa shape index (κ1) is 11.8. The van der Waals surface area contributed by atoms with E-state index in [1.807, 2.05) is 30.3 Å². The summed E-state index contributed by atoms with van der Waals surface area (Å²) >= 11 is 0. The first-order valence-electron chi connectivity index (χ1n) is 5.99. The molecule has 0 spiro atoms. The van der Waals surface area contributed by atoms with E-state index in [-0.39, 0.29) is 23.5 Å². The van der Waals surface area contributed by atoms with Gasteiger partial charge in [-0.25, -0.2) is 0 Å². The molecule has 1 saturated carbocycles. The third-order valence-electron chi connectivity index (χ3n) is 3.39. The number of rotatable bonds is 4. The van der Waals surface area contributed by atoms with Gasteiger partial charge in [0.2, 0.25) is 5.91 Å². The van der Waals surface area contributed by atoms with Crippen molar-refractivity contribution in [3.8, 4) is 0 Å². The SMILES string of the molecule is CC(=O)C1CC(C(=O)NCc2ccccc2)C1. The summed E-state index contributed by atoms with van der Waals surface area (Å²) in [5, 5.41) is 2.91. The molecule has 0 saturated heterocycles. The van der Waals surface area contributed by atoms with Crippen LogP contribution in [0.15, 0.2) is 30.3 Å². The Bertz CT molecular complexity index is 407. The molecule has 1 fully saturated rings. The van der Waals surface area contributed by atoms with Crippen LogP contribution in [0.2, 0.25) is 0 Å². The Hall–Kier alpha value is -1.64. The molecule has 3 nitrogen and oxygen atoms in total. The molecule has 1 N–H and O–H groups in total. The van der Waals surface area contributed by atoms with Crippen molar-refractivity contribution >= 4 is 11.7 Å². The fourth-order valence-electron chi connectivity index (χ4n) is 2.09. The molecule has 17 heavy (non-hydrogen) atoms. The molecule has 0 aromatic heterocycles. The van der Waals surface area contributed by atoms with Gasteiger partial charge in [-0.2, -0.15) is 0 Å². The third kappa shape index (κ3) is 2.93. The van der Waals surface area contributed by atoms with Crippen molar-refractivity contribution in [2.24, 2.45) is 11.8 Å². The second-order valence-corrected chi connectivity index (χ2v) is 4.68. The number of carbonyl (C=O) groups is 2. The molecule has 2 rings (SSSR count). The van der Waals surface area contributed by atoms with E-state index in [9.17, 15) is 9.59 Å². The van der Waals surface area contributed by atoms with Crippen molar-refractivity contribution in [2.45, 2.75) is 26.3 Å². The minimum Gasteiger partial charge on any atom is -0.352 e. The van der Waals surface area contributed by atoms with E-state index < -0.39 is 0 Å². The van der Waals surface area contributed by atoms with E-state index in [0.29, 0.717) is 6.54 Å². The predicted molar refractivity (Wildman–Crippen MR) is 65.2 cm³/mol. The predicted octanol–water partition coefficient (Wildman–Crippen LogP) is 1.92. The van der Waals surface area contributed by atoms with Crippen LogP contribution in [0.3, 0.4) is 0 Å². The Morgan fingerprint density at radius 1 is 1.18 bits per heavy atom. The molecule has 0 radical (unpaired) electrons. The van der Waals surface area contributed by atoms with E-state index in [0.717, 1.165) is 18.4 Å². The summed E-state index contributed by atoms with van der Waals surface area (Å²) in [6, 6.07) is 9.83. The van der Waals surface area contributed by atoms with Crippen LogP contribution in [-0.4, -0.2) is 11.7 Å². The minimum absolute atomic E-state index is 0.0348. The minimum atomic E-state index is 0.0348. The molecular weight excluding hydrogens is 214 g/mol. The largest absolute Gasteiger partial charge is 0.352 e. The quantitative estimate of drug-likeness (QED) is 0.860. The van der Waals surface area contributed by atoms with Gasteiger partial charge in [-0.05, 0) is 25.3 Å². The number of ketones is 1. The molecule has 0 unspecified atom stereocenters. The van der Waals surface area contributed by atoms with Crippen molar-refractivity contribution in [3.63, 3.8) is 0 Å². The monoisotopic (exact) mass is 231 g/mol. The first-order chi connectivity index (χ1) is 8.16. The van der Waals surface area contributed by atoms with E-state index in [4.69, 9.17) is 0 Å².